The van der Waals surface area contributed by atoms with Gasteiger partial charge in [0.2, 0.25) is 0 Å². The van der Waals surface area contributed by atoms with Gasteiger partial charge in [-0.3, -0.25) is 0 Å². The normalized spacial score (nSPS) is 42.7. The molecule has 4 rings (SSSR count). The van der Waals surface area contributed by atoms with Crippen LogP contribution in [0.2, 0.25) is 0 Å². The van der Waals surface area contributed by atoms with Crippen LogP contribution in [0.25, 0.3) is 0 Å². The average Bonchev–Trinajstić information content (AvgIpc) is 2.83. The van der Waals surface area contributed by atoms with Crippen LogP contribution in [0, 0.1) is 17.8 Å². The Labute approximate surface area is 110 Å². The molecule has 0 spiro atoms. The molecule has 0 amide bonds. The SMILES string of the molecule is C1=CC2=C(C1)C1CCCCC1C1CCCCC1O2. The molecule has 1 heterocycles. The Morgan fingerprint density at radius 2 is 1.67 bits per heavy atom. The van der Waals surface area contributed by atoms with Gasteiger partial charge in [-0.2, -0.15) is 0 Å². The van der Waals surface area contributed by atoms with Gasteiger partial charge in [-0.1, -0.05) is 25.3 Å². The maximum atomic E-state index is 6.42. The summed E-state index contributed by atoms with van der Waals surface area (Å²) in [4.78, 5) is 0. The van der Waals surface area contributed by atoms with Crippen molar-refractivity contribution in [1.29, 1.82) is 0 Å². The van der Waals surface area contributed by atoms with E-state index in [4.69, 9.17) is 4.74 Å². The third-order valence-electron chi connectivity index (χ3n) is 5.77. The quantitative estimate of drug-likeness (QED) is 0.605. The standard InChI is InChI=1S/C17H24O/c1-2-7-13-12(6-1)14-8-3-4-10-16(14)18-17-11-5-9-15(13)17/h5,11-14,16H,1-4,6-10H2. The van der Waals surface area contributed by atoms with E-state index in [9.17, 15) is 0 Å². The fourth-order valence-electron chi connectivity index (χ4n) is 4.98. The van der Waals surface area contributed by atoms with Crippen molar-refractivity contribution in [3.8, 4) is 0 Å². The fraction of sp³-hybridized carbons (Fsp3) is 0.765. The van der Waals surface area contributed by atoms with Gasteiger partial charge in [0.05, 0.1) is 0 Å². The van der Waals surface area contributed by atoms with Gasteiger partial charge < -0.3 is 4.74 Å². The first-order valence-corrected chi connectivity index (χ1v) is 8.00. The summed E-state index contributed by atoms with van der Waals surface area (Å²) in [5, 5.41) is 0. The van der Waals surface area contributed by atoms with Crippen molar-refractivity contribution in [2.45, 2.75) is 63.9 Å². The Balaban J connectivity index is 1.71. The zero-order valence-corrected chi connectivity index (χ0v) is 11.2. The summed E-state index contributed by atoms with van der Waals surface area (Å²) in [6.45, 7) is 0. The molecule has 0 saturated heterocycles. The highest BCUT2D eigenvalue weighted by Gasteiger charge is 2.43. The second kappa shape index (κ2) is 4.43. The molecule has 4 unspecified atom stereocenters. The van der Waals surface area contributed by atoms with Crippen LogP contribution in [0.1, 0.15) is 57.8 Å². The molecule has 98 valence electrons. The van der Waals surface area contributed by atoms with E-state index in [0.717, 1.165) is 17.8 Å². The van der Waals surface area contributed by atoms with Crippen molar-refractivity contribution in [1.82, 2.24) is 0 Å². The molecule has 1 aliphatic heterocycles. The van der Waals surface area contributed by atoms with Crippen LogP contribution in [0.5, 0.6) is 0 Å². The molecule has 3 aliphatic carbocycles. The largest absolute Gasteiger partial charge is 0.490 e. The van der Waals surface area contributed by atoms with E-state index in [1.807, 2.05) is 0 Å². The number of fused-ring (bicyclic) bond motifs is 4. The Hall–Kier alpha value is -0.720. The number of rotatable bonds is 0. The lowest BCUT2D eigenvalue weighted by molar-refractivity contribution is 0.00697. The Kier molecular flexibility index (Phi) is 2.74. The van der Waals surface area contributed by atoms with Gasteiger partial charge >= 0.3 is 0 Å². The highest BCUT2D eigenvalue weighted by atomic mass is 16.5. The summed E-state index contributed by atoms with van der Waals surface area (Å²) in [5.74, 6) is 3.94. The van der Waals surface area contributed by atoms with Crippen molar-refractivity contribution in [2.75, 3.05) is 0 Å². The van der Waals surface area contributed by atoms with Gasteiger partial charge in [0.25, 0.3) is 0 Å². The van der Waals surface area contributed by atoms with E-state index >= 15 is 0 Å². The van der Waals surface area contributed by atoms with E-state index in [-0.39, 0.29) is 0 Å². The molecular formula is C17H24O. The molecule has 2 fully saturated rings. The van der Waals surface area contributed by atoms with Gasteiger partial charge in [-0.15, -0.1) is 0 Å². The van der Waals surface area contributed by atoms with Crippen LogP contribution >= 0.6 is 0 Å². The van der Waals surface area contributed by atoms with Gasteiger partial charge in [0, 0.05) is 0 Å². The minimum atomic E-state index is 0.541. The number of hydrogen-bond acceptors (Lipinski definition) is 1. The Bertz CT molecular complexity index is 392. The monoisotopic (exact) mass is 244 g/mol. The summed E-state index contributed by atoms with van der Waals surface area (Å²) in [6.07, 6.45) is 17.6. The van der Waals surface area contributed by atoms with Crippen molar-refractivity contribution >= 4 is 0 Å². The van der Waals surface area contributed by atoms with Crippen molar-refractivity contribution in [2.24, 2.45) is 17.8 Å². The topological polar surface area (TPSA) is 9.23 Å². The molecule has 0 radical (unpaired) electrons. The number of ether oxygens (including phenoxy) is 1. The lowest BCUT2D eigenvalue weighted by atomic mass is 9.65. The third kappa shape index (κ3) is 1.66. The molecule has 0 bridgehead atoms. The van der Waals surface area contributed by atoms with Crippen LogP contribution in [-0.4, -0.2) is 6.10 Å². The highest BCUT2D eigenvalue weighted by Crippen LogP contribution is 2.50. The zero-order chi connectivity index (χ0) is 11.9. The molecule has 0 N–H and O–H groups in total. The molecule has 0 aromatic rings. The molecule has 0 aromatic heterocycles. The maximum absolute atomic E-state index is 6.42. The lowest BCUT2D eigenvalue weighted by Gasteiger charge is -2.40. The minimum absolute atomic E-state index is 0.541. The molecule has 2 saturated carbocycles. The molecule has 1 nitrogen and oxygen atoms in total. The van der Waals surface area contributed by atoms with Crippen molar-refractivity contribution < 1.29 is 4.74 Å². The third-order valence-corrected chi connectivity index (χ3v) is 5.77. The predicted molar refractivity (Wildman–Crippen MR) is 73.1 cm³/mol. The molecule has 0 aromatic carbocycles. The molecule has 4 aliphatic rings. The van der Waals surface area contributed by atoms with Gasteiger partial charge in [-0.25, -0.2) is 0 Å². The zero-order valence-electron chi connectivity index (χ0n) is 11.2. The van der Waals surface area contributed by atoms with Gasteiger partial charge in [0.1, 0.15) is 11.9 Å². The van der Waals surface area contributed by atoms with Crippen LogP contribution < -0.4 is 0 Å². The predicted octanol–water partition coefficient (Wildman–Crippen LogP) is 4.60. The van der Waals surface area contributed by atoms with E-state index < -0.39 is 0 Å². The Morgan fingerprint density at radius 3 is 2.61 bits per heavy atom. The highest BCUT2D eigenvalue weighted by molar-refractivity contribution is 5.33. The molecule has 4 atom stereocenters. The van der Waals surface area contributed by atoms with E-state index in [1.165, 1.54) is 63.5 Å². The fourth-order valence-corrected chi connectivity index (χ4v) is 4.98. The van der Waals surface area contributed by atoms with Crippen molar-refractivity contribution in [3.05, 3.63) is 23.5 Å². The van der Waals surface area contributed by atoms with E-state index in [0.29, 0.717) is 6.10 Å². The summed E-state index contributed by atoms with van der Waals surface area (Å²) >= 11 is 0. The molecule has 1 heteroatoms. The first kappa shape index (κ1) is 11.1. The first-order chi connectivity index (χ1) is 8.93. The smallest absolute Gasteiger partial charge is 0.119 e. The summed E-state index contributed by atoms with van der Waals surface area (Å²) in [6, 6.07) is 0. The van der Waals surface area contributed by atoms with Crippen LogP contribution in [0.15, 0.2) is 23.5 Å². The Morgan fingerprint density at radius 1 is 0.889 bits per heavy atom. The first-order valence-electron chi connectivity index (χ1n) is 8.00. The van der Waals surface area contributed by atoms with Crippen molar-refractivity contribution in [3.63, 3.8) is 0 Å². The number of hydrogen-bond donors (Lipinski definition) is 0. The number of allylic oxidation sites excluding steroid dienone is 3. The molecular weight excluding hydrogens is 220 g/mol. The van der Waals surface area contributed by atoms with E-state index in [2.05, 4.69) is 12.2 Å². The second-order valence-electron chi connectivity index (χ2n) is 6.66. The van der Waals surface area contributed by atoms with Crippen LogP contribution in [0.3, 0.4) is 0 Å². The minimum Gasteiger partial charge on any atom is -0.490 e. The van der Waals surface area contributed by atoms with Crippen LogP contribution in [-0.2, 0) is 4.74 Å². The summed E-state index contributed by atoms with van der Waals surface area (Å²) in [7, 11) is 0. The molecule has 18 heavy (non-hydrogen) atoms. The lowest BCUT2D eigenvalue weighted by Crippen LogP contribution is -2.36. The maximum Gasteiger partial charge on any atom is 0.119 e. The van der Waals surface area contributed by atoms with Crippen LogP contribution in [0.4, 0.5) is 0 Å². The second-order valence-corrected chi connectivity index (χ2v) is 6.66. The van der Waals surface area contributed by atoms with Gasteiger partial charge in [0.15, 0.2) is 0 Å². The summed E-state index contributed by atoms with van der Waals surface area (Å²) in [5.41, 5.74) is 1.66. The average molecular weight is 244 g/mol. The summed E-state index contributed by atoms with van der Waals surface area (Å²) < 4.78 is 6.42. The van der Waals surface area contributed by atoms with E-state index in [1.54, 1.807) is 5.57 Å². The van der Waals surface area contributed by atoms with Gasteiger partial charge in [-0.05, 0) is 67.9 Å².